The number of nitrogens with zero attached hydrogens (tertiary/aromatic N) is 1. The summed E-state index contributed by atoms with van der Waals surface area (Å²) in [4.78, 5) is 15.0. The molecule has 0 aromatic heterocycles. The van der Waals surface area contributed by atoms with Gasteiger partial charge in [0, 0.05) is 12.7 Å². The molecule has 1 atom stereocenters. The molecule has 0 radical (unpaired) electrons. The number of likely N-dealkylation sites (N-methyl/N-ethyl adjacent to an activating group) is 1. The van der Waals surface area contributed by atoms with Gasteiger partial charge in [0.1, 0.15) is 16.4 Å². The number of ether oxygens (including phenoxy) is 2. The number of rotatable bonds is 8. The molecule has 3 aromatic rings. The van der Waals surface area contributed by atoms with Gasteiger partial charge in [-0.05, 0) is 72.4 Å². The van der Waals surface area contributed by atoms with Crippen LogP contribution >= 0.6 is 0 Å². The molecule has 0 saturated heterocycles. The number of para-hydroxylation sites is 1. The fourth-order valence-corrected chi connectivity index (χ4v) is 5.77. The van der Waals surface area contributed by atoms with Crippen molar-refractivity contribution in [3.05, 3.63) is 83.4 Å². The van der Waals surface area contributed by atoms with Crippen LogP contribution in [0.5, 0.6) is 11.5 Å². The Bertz CT molecular complexity index is 1320. The van der Waals surface area contributed by atoms with Gasteiger partial charge in [0.2, 0.25) is 5.91 Å². The largest absolute Gasteiger partial charge is 0.497 e. The van der Waals surface area contributed by atoms with Gasteiger partial charge in [-0.15, -0.1) is 0 Å². The van der Waals surface area contributed by atoms with Gasteiger partial charge in [-0.2, -0.15) is 0 Å². The second-order valence-corrected chi connectivity index (χ2v) is 10.3. The van der Waals surface area contributed by atoms with Crippen LogP contribution < -0.4 is 14.2 Å². The molecule has 8 heteroatoms. The van der Waals surface area contributed by atoms with Crippen molar-refractivity contribution in [1.82, 2.24) is 4.90 Å². The van der Waals surface area contributed by atoms with E-state index in [-0.39, 0.29) is 29.0 Å². The van der Waals surface area contributed by atoms with E-state index in [0.717, 1.165) is 36.0 Å². The Labute approximate surface area is 206 Å². The number of benzene rings is 3. The molecular formula is C27H30N2O5S. The number of sulfonamides is 1. The average molecular weight is 495 g/mol. The molecule has 35 heavy (non-hydrogen) atoms. The van der Waals surface area contributed by atoms with Gasteiger partial charge < -0.3 is 14.4 Å². The van der Waals surface area contributed by atoms with Crippen molar-refractivity contribution in [3.8, 4) is 11.5 Å². The van der Waals surface area contributed by atoms with E-state index in [1.54, 1.807) is 36.3 Å². The molecule has 1 unspecified atom stereocenters. The molecular weight excluding hydrogens is 464 g/mol. The monoisotopic (exact) mass is 494 g/mol. The Hall–Kier alpha value is -3.52. The summed E-state index contributed by atoms with van der Waals surface area (Å²) in [6.45, 7) is 0. The number of amides is 1. The third-order valence-corrected chi connectivity index (χ3v) is 7.81. The fourth-order valence-electron chi connectivity index (χ4n) is 4.55. The first-order valence-electron chi connectivity index (χ1n) is 11.5. The number of methoxy groups -OCH3 is 2. The molecule has 0 aliphatic heterocycles. The van der Waals surface area contributed by atoms with Gasteiger partial charge in [-0.25, -0.2) is 8.42 Å². The minimum Gasteiger partial charge on any atom is -0.497 e. The first kappa shape index (κ1) is 24.6. The van der Waals surface area contributed by atoms with E-state index in [1.807, 2.05) is 43.4 Å². The number of carbonyl (C=O) groups excluding carboxylic acids is 1. The quantitative estimate of drug-likeness (QED) is 0.495. The van der Waals surface area contributed by atoms with Crippen molar-refractivity contribution in [1.29, 1.82) is 0 Å². The summed E-state index contributed by atoms with van der Waals surface area (Å²) >= 11 is 0. The lowest BCUT2D eigenvalue weighted by molar-refractivity contribution is -0.131. The van der Waals surface area contributed by atoms with Gasteiger partial charge in [0.15, 0.2) is 0 Å². The molecule has 0 bridgehead atoms. The first-order chi connectivity index (χ1) is 16.8. The van der Waals surface area contributed by atoms with E-state index in [9.17, 15) is 13.2 Å². The number of hydrogen-bond acceptors (Lipinski definition) is 5. The van der Waals surface area contributed by atoms with Gasteiger partial charge in [0.25, 0.3) is 10.0 Å². The van der Waals surface area contributed by atoms with E-state index in [2.05, 4.69) is 4.72 Å². The van der Waals surface area contributed by atoms with Gasteiger partial charge in [-0.3, -0.25) is 9.52 Å². The van der Waals surface area contributed by atoms with Crippen LogP contribution in [0.2, 0.25) is 0 Å². The fraction of sp³-hybridized carbons (Fsp3) is 0.296. The van der Waals surface area contributed by atoms with Gasteiger partial charge in [0.05, 0.1) is 26.7 Å². The molecule has 7 nitrogen and oxygen atoms in total. The normalized spacial score (nSPS) is 15.1. The van der Waals surface area contributed by atoms with Crippen molar-refractivity contribution in [2.24, 2.45) is 0 Å². The first-order valence-corrected chi connectivity index (χ1v) is 13.0. The number of aryl methyl sites for hydroxylation is 1. The lowest BCUT2D eigenvalue weighted by Crippen LogP contribution is -2.34. The molecule has 0 spiro atoms. The Balaban J connectivity index is 1.57. The zero-order chi connectivity index (χ0) is 25.0. The Morgan fingerprint density at radius 2 is 1.83 bits per heavy atom. The highest BCUT2D eigenvalue weighted by Crippen LogP contribution is 2.36. The molecule has 0 fully saturated rings. The number of carbonyl (C=O) groups is 1. The van der Waals surface area contributed by atoms with Gasteiger partial charge >= 0.3 is 0 Å². The lowest BCUT2D eigenvalue weighted by atomic mass is 9.86. The summed E-state index contributed by atoms with van der Waals surface area (Å²) in [6, 6.07) is 19.4. The maximum Gasteiger partial charge on any atom is 0.265 e. The number of fused-ring (bicyclic) bond motifs is 1. The average Bonchev–Trinajstić information content (AvgIpc) is 2.87. The van der Waals surface area contributed by atoms with E-state index < -0.39 is 10.0 Å². The SMILES string of the molecule is COc1cccc(CC(=O)N(C)C2CCCc3ccc(NS(=O)(=O)c4ccccc4OC)cc32)c1. The smallest absolute Gasteiger partial charge is 0.265 e. The summed E-state index contributed by atoms with van der Waals surface area (Å²) in [5.74, 6) is 0.989. The predicted octanol–water partition coefficient (Wildman–Crippen LogP) is 4.58. The number of anilines is 1. The van der Waals surface area contributed by atoms with Crippen LogP contribution in [0.1, 0.15) is 35.6 Å². The minimum atomic E-state index is -3.85. The van der Waals surface area contributed by atoms with E-state index >= 15 is 0 Å². The van der Waals surface area contributed by atoms with Crippen LogP contribution in [0.15, 0.2) is 71.6 Å². The third kappa shape index (κ3) is 5.43. The maximum absolute atomic E-state index is 13.2. The highest BCUT2D eigenvalue weighted by molar-refractivity contribution is 7.92. The Kier molecular flexibility index (Phi) is 7.31. The van der Waals surface area contributed by atoms with Crippen molar-refractivity contribution in [2.45, 2.75) is 36.6 Å². The van der Waals surface area contributed by atoms with Crippen molar-refractivity contribution in [2.75, 3.05) is 26.0 Å². The standard InChI is InChI=1S/C27H30N2O5S/c1-29(27(30)17-19-8-6-10-22(16-19)33-2)24-11-7-9-20-14-15-21(18-23(20)24)28-35(31,32)26-13-5-4-12-25(26)34-3/h4-6,8,10,12-16,18,24,28H,7,9,11,17H2,1-3H3. The highest BCUT2D eigenvalue weighted by Gasteiger charge is 2.28. The van der Waals surface area contributed by atoms with Crippen molar-refractivity contribution < 1.29 is 22.7 Å². The lowest BCUT2D eigenvalue weighted by Gasteiger charge is -2.34. The van der Waals surface area contributed by atoms with Gasteiger partial charge in [-0.1, -0.05) is 30.3 Å². The van der Waals surface area contributed by atoms with Crippen molar-refractivity contribution in [3.63, 3.8) is 0 Å². The van der Waals surface area contributed by atoms with Crippen LogP contribution in [0.4, 0.5) is 5.69 Å². The number of nitrogens with one attached hydrogen (secondary N) is 1. The molecule has 1 N–H and O–H groups in total. The van der Waals surface area contributed by atoms with Crippen LogP contribution in [0, 0.1) is 0 Å². The summed E-state index contributed by atoms with van der Waals surface area (Å²) < 4.78 is 39.3. The number of hydrogen-bond donors (Lipinski definition) is 1. The molecule has 3 aromatic carbocycles. The molecule has 184 valence electrons. The van der Waals surface area contributed by atoms with E-state index in [1.165, 1.54) is 13.2 Å². The predicted molar refractivity (Wildman–Crippen MR) is 135 cm³/mol. The third-order valence-electron chi connectivity index (χ3n) is 6.39. The summed E-state index contributed by atoms with van der Waals surface area (Å²) in [6.07, 6.45) is 2.93. The van der Waals surface area contributed by atoms with E-state index in [4.69, 9.17) is 9.47 Å². The molecule has 1 aliphatic carbocycles. The van der Waals surface area contributed by atoms with E-state index in [0.29, 0.717) is 11.4 Å². The van der Waals surface area contributed by atoms with Crippen LogP contribution in [0.25, 0.3) is 0 Å². The van der Waals surface area contributed by atoms with Crippen molar-refractivity contribution >= 4 is 21.6 Å². The maximum atomic E-state index is 13.2. The van der Waals surface area contributed by atoms with Crippen LogP contribution in [-0.4, -0.2) is 40.5 Å². The zero-order valence-corrected chi connectivity index (χ0v) is 21.0. The zero-order valence-electron chi connectivity index (χ0n) is 20.2. The molecule has 0 heterocycles. The summed E-state index contributed by atoms with van der Waals surface area (Å²) in [5.41, 5.74) is 3.44. The Morgan fingerprint density at radius 1 is 1.03 bits per heavy atom. The van der Waals surface area contributed by atoms with Crippen LogP contribution in [0.3, 0.4) is 0 Å². The molecule has 4 rings (SSSR count). The molecule has 0 saturated carbocycles. The second kappa shape index (κ2) is 10.4. The molecule has 1 aliphatic rings. The second-order valence-electron chi connectivity index (χ2n) is 8.61. The highest BCUT2D eigenvalue weighted by atomic mass is 32.2. The summed E-state index contributed by atoms with van der Waals surface area (Å²) in [5, 5.41) is 0. The topological polar surface area (TPSA) is 84.9 Å². The summed E-state index contributed by atoms with van der Waals surface area (Å²) in [7, 11) is 1.01. The van der Waals surface area contributed by atoms with Crippen LogP contribution in [-0.2, 0) is 27.7 Å². The molecule has 1 amide bonds. The Morgan fingerprint density at radius 3 is 2.60 bits per heavy atom. The minimum absolute atomic E-state index is 0.00360.